The Bertz CT molecular complexity index is 632. The van der Waals surface area contributed by atoms with Gasteiger partial charge in [-0.1, -0.05) is 26.8 Å². The molecule has 2 rings (SSSR count). The third kappa shape index (κ3) is 4.34. The molecule has 1 aromatic carbocycles. The molecule has 21 heavy (non-hydrogen) atoms. The quantitative estimate of drug-likeness (QED) is 0.933. The summed E-state index contributed by atoms with van der Waals surface area (Å²) in [4.78, 5) is 11.8. The summed E-state index contributed by atoms with van der Waals surface area (Å²) in [7, 11) is 0. The van der Waals surface area contributed by atoms with Crippen LogP contribution in [0.15, 0.2) is 24.3 Å². The van der Waals surface area contributed by atoms with Gasteiger partial charge in [0.1, 0.15) is 5.82 Å². The number of hydrogen-bond acceptors (Lipinski definition) is 4. The zero-order chi connectivity index (χ0) is 15.5. The maximum absolute atomic E-state index is 13.2. The van der Waals surface area contributed by atoms with Gasteiger partial charge in [-0.05, 0) is 34.0 Å². The first kappa shape index (κ1) is 15.1. The highest BCUT2D eigenvalue weighted by Gasteiger charge is 2.17. The Morgan fingerprint density at radius 1 is 1.38 bits per heavy atom. The Morgan fingerprint density at radius 2 is 2.14 bits per heavy atom. The molecule has 0 saturated carbocycles. The van der Waals surface area contributed by atoms with Crippen molar-refractivity contribution in [3.8, 4) is 5.69 Å². The molecule has 0 unspecified atom stereocenters. The lowest BCUT2D eigenvalue weighted by Gasteiger charge is -2.17. The van der Waals surface area contributed by atoms with E-state index in [0.29, 0.717) is 17.9 Å². The summed E-state index contributed by atoms with van der Waals surface area (Å²) in [5.74, 6) is 0.00451. The van der Waals surface area contributed by atoms with Gasteiger partial charge in [0.15, 0.2) is 5.82 Å². The third-order valence-corrected chi connectivity index (χ3v) is 2.72. The summed E-state index contributed by atoms with van der Waals surface area (Å²) in [6.45, 7) is 6.16. The number of nitrogens with zero attached hydrogens (tertiary/aromatic N) is 4. The number of tetrazole rings is 1. The molecule has 0 radical (unpaired) electrons. The molecule has 0 atom stereocenters. The Morgan fingerprint density at radius 3 is 2.81 bits per heavy atom. The van der Waals surface area contributed by atoms with E-state index < -0.39 is 0 Å². The smallest absolute Gasteiger partial charge is 0.220 e. The number of nitrogens with one attached hydrogen (secondary N) is 1. The van der Waals surface area contributed by atoms with Crippen LogP contribution in [0.25, 0.3) is 5.69 Å². The van der Waals surface area contributed by atoms with E-state index >= 15 is 0 Å². The van der Waals surface area contributed by atoms with Gasteiger partial charge in [-0.25, -0.2) is 4.39 Å². The second-order valence-corrected chi connectivity index (χ2v) is 6.00. The van der Waals surface area contributed by atoms with Crippen molar-refractivity contribution in [1.29, 1.82) is 0 Å². The standard InChI is InChI=1S/C14H18FN5O/c1-14(2,3)8-13(21)16-9-12-17-18-19-20(12)11-6-4-5-10(15)7-11/h4-7H,8-9H2,1-3H3,(H,16,21). The highest BCUT2D eigenvalue weighted by Crippen LogP contribution is 2.18. The van der Waals surface area contributed by atoms with Crippen LogP contribution in [-0.2, 0) is 11.3 Å². The van der Waals surface area contributed by atoms with E-state index in [-0.39, 0.29) is 23.7 Å². The first-order chi connectivity index (χ1) is 9.85. The summed E-state index contributed by atoms with van der Waals surface area (Å²) in [6.07, 6.45) is 0.411. The largest absolute Gasteiger partial charge is 0.349 e. The van der Waals surface area contributed by atoms with Gasteiger partial charge in [0, 0.05) is 6.42 Å². The van der Waals surface area contributed by atoms with E-state index in [1.165, 1.54) is 16.8 Å². The molecule has 0 bridgehead atoms. The maximum atomic E-state index is 13.2. The molecule has 1 heterocycles. The number of rotatable bonds is 4. The molecular formula is C14H18FN5O. The number of benzene rings is 1. The predicted molar refractivity (Wildman–Crippen MR) is 75.0 cm³/mol. The van der Waals surface area contributed by atoms with Crippen LogP contribution in [0.2, 0.25) is 0 Å². The lowest BCUT2D eigenvalue weighted by molar-refractivity contribution is -0.123. The Balaban J connectivity index is 2.06. The lowest BCUT2D eigenvalue weighted by atomic mass is 9.92. The summed E-state index contributed by atoms with van der Waals surface area (Å²) >= 11 is 0. The van der Waals surface area contributed by atoms with Gasteiger partial charge in [-0.3, -0.25) is 4.79 Å². The van der Waals surface area contributed by atoms with Crippen molar-refractivity contribution in [2.24, 2.45) is 5.41 Å². The summed E-state index contributed by atoms with van der Waals surface area (Å²) in [5, 5.41) is 14.0. The zero-order valence-electron chi connectivity index (χ0n) is 12.3. The van der Waals surface area contributed by atoms with Crippen LogP contribution < -0.4 is 5.32 Å². The number of carbonyl (C=O) groups excluding carboxylic acids is 1. The monoisotopic (exact) mass is 291 g/mol. The summed E-state index contributed by atoms with van der Waals surface area (Å²) in [5.41, 5.74) is 0.429. The van der Waals surface area contributed by atoms with Crippen molar-refractivity contribution >= 4 is 5.91 Å². The lowest BCUT2D eigenvalue weighted by Crippen LogP contribution is -2.28. The Kier molecular flexibility index (Phi) is 4.30. The van der Waals surface area contributed by atoms with Gasteiger partial charge in [-0.2, -0.15) is 4.68 Å². The second-order valence-electron chi connectivity index (χ2n) is 6.00. The van der Waals surface area contributed by atoms with Gasteiger partial charge in [0.05, 0.1) is 12.2 Å². The molecular weight excluding hydrogens is 273 g/mol. The van der Waals surface area contributed by atoms with Crippen LogP contribution in [0.4, 0.5) is 4.39 Å². The molecule has 1 aromatic heterocycles. The average molecular weight is 291 g/mol. The minimum absolute atomic E-state index is 0.0729. The number of halogens is 1. The number of aromatic nitrogens is 4. The van der Waals surface area contributed by atoms with E-state index in [0.717, 1.165) is 0 Å². The molecule has 0 spiro atoms. The van der Waals surface area contributed by atoms with Crippen molar-refractivity contribution in [1.82, 2.24) is 25.5 Å². The van der Waals surface area contributed by atoms with E-state index in [9.17, 15) is 9.18 Å². The molecule has 0 aliphatic heterocycles. The maximum Gasteiger partial charge on any atom is 0.220 e. The summed E-state index contributed by atoms with van der Waals surface area (Å²) < 4.78 is 14.6. The minimum atomic E-state index is -0.370. The van der Waals surface area contributed by atoms with E-state index in [4.69, 9.17) is 0 Å². The van der Waals surface area contributed by atoms with E-state index in [1.54, 1.807) is 12.1 Å². The van der Waals surface area contributed by atoms with Crippen molar-refractivity contribution in [3.05, 3.63) is 35.9 Å². The number of hydrogen-bond donors (Lipinski definition) is 1. The minimum Gasteiger partial charge on any atom is -0.349 e. The fraction of sp³-hybridized carbons (Fsp3) is 0.429. The topological polar surface area (TPSA) is 72.7 Å². The summed E-state index contributed by atoms with van der Waals surface area (Å²) in [6, 6.07) is 5.95. The fourth-order valence-electron chi connectivity index (χ4n) is 1.85. The van der Waals surface area contributed by atoms with Gasteiger partial charge in [0.25, 0.3) is 0 Å². The fourth-order valence-corrected chi connectivity index (χ4v) is 1.85. The van der Waals surface area contributed by atoms with Crippen LogP contribution in [0, 0.1) is 11.2 Å². The third-order valence-electron chi connectivity index (χ3n) is 2.72. The molecule has 112 valence electrons. The molecule has 0 saturated heterocycles. The van der Waals surface area contributed by atoms with E-state index in [2.05, 4.69) is 20.8 Å². The number of amides is 1. The Labute approximate surface area is 122 Å². The number of carbonyl (C=O) groups is 1. The van der Waals surface area contributed by atoms with Crippen LogP contribution in [0.5, 0.6) is 0 Å². The predicted octanol–water partition coefficient (Wildman–Crippen LogP) is 1.85. The molecule has 6 nitrogen and oxygen atoms in total. The van der Waals surface area contributed by atoms with Crippen LogP contribution >= 0.6 is 0 Å². The Hall–Kier alpha value is -2.31. The second kappa shape index (κ2) is 5.99. The zero-order valence-corrected chi connectivity index (χ0v) is 12.3. The van der Waals surface area contributed by atoms with Gasteiger partial charge >= 0.3 is 0 Å². The van der Waals surface area contributed by atoms with Crippen molar-refractivity contribution < 1.29 is 9.18 Å². The average Bonchev–Trinajstić information content (AvgIpc) is 2.82. The molecule has 2 aromatic rings. The van der Waals surface area contributed by atoms with E-state index in [1.807, 2.05) is 20.8 Å². The molecule has 0 fully saturated rings. The van der Waals surface area contributed by atoms with Crippen LogP contribution in [0.1, 0.15) is 33.0 Å². The van der Waals surface area contributed by atoms with Crippen molar-refractivity contribution in [2.75, 3.05) is 0 Å². The first-order valence-electron chi connectivity index (χ1n) is 6.65. The molecule has 0 aliphatic carbocycles. The van der Waals surface area contributed by atoms with Crippen LogP contribution in [0.3, 0.4) is 0 Å². The van der Waals surface area contributed by atoms with Gasteiger partial charge in [-0.15, -0.1) is 5.10 Å². The molecule has 1 amide bonds. The molecule has 7 heteroatoms. The van der Waals surface area contributed by atoms with Crippen molar-refractivity contribution in [2.45, 2.75) is 33.7 Å². The SMILES string of the molecule is CC(C)(C)CC(=O)NCc1nnnn1-c1cccc(F)c1. The highest BCUT2D eigenvalue weighted by molar-refractivity contribution is 5.76. The molecule has 0 aliphatic rings. The highest BCUT2D eigenvalue weighted by atomic mass is 19.1. The van der Waals surface area contributed by atoms with Crippen LogP contribution in [-0.4, -0.2) is 26.1 Å². The van der Waals surface area contributed by atoms with Crippen molar-refractivity contribution in [3.63, 3.8) is 0 Å². The molecule has 1 N–H and O–H groups in total. The van der Waals surface area contributed by atoms with Gasteiger partial charge < -0.3 is 5.32 Å². The first-order valence-corrected chi connectivity index (χ1v) is 6.65. The van der Waals surface area contributed by atoms with Gasteiger partial charge in [0.2, 0.25) is 5.91 Å². The normalized spacial score (nSPS) is 11.4.